The van der Waals surface area contributed by atoms with Gasteiger partial charge in [-0.15, -0.1) is 0 Å². The molecule has 1 saturated heterocycles. The molecule has 1 fully saturated rings. The second-order valence-corrected chi connectivity index (χ2v) is 7.76. The number of ether oxygens (including phenoxy) is 1. The van der Waals surface area contributed by atoms with E-state index in [-0.39, 0.29) is 24.4 Å². The van der Waals surface area contributed by atoms with Crippen LogP contribution in [0.2, 0.25) is 0 Å². The SMILES string of the molecule is COc1ccc2cn(C[C@@]3(C(Cc4c[nH]c(=O)c(C)c4)N=O)NC(=O)NC3=O)c(O)c2c1. The summed E-state index contributed by atoms with van der Waals surface area (Å²) in [5.74, 6) is -0.354. The Morgan fingerprint density at radius 3 is 2.66 bits per heavy atom. The van der Waals surface area contributed by atoms with Gasteiger partial charge in [-0.05, 0) is 36.8 Å². The Bertz CT molecular complexity index is 1300. The predicted octanol–water partition coefficient (Wildman–Crippen LogP) is 1.31. The Morgan fingerprint density at radius 1 is 1.25 bits per heavy atom. The highest BCUT2D eigenvalue weighted by Crippen LogP contribution is 2.33. The zero-order chi connectivity index (χ0) is 23.0. The number of aryl methyl sites for hydroxylation is 1. The number of H-pyrrole nitrogens is 1. The van der Waals surface area contributed by atoms with Crippen molar-refractivity contribution in [2.24, 2.45) is 5.18 Å². The van der Waals surface area contributed by atoms with Crippen molar-refractivity contribution in [1.29, 1.82) is 0 Å². The normalized spacial score (nSPS) is 18.9. The maximum absolute atomic E-state index is 12.9. The van der Waals surface area contributed by atoms with Gasteiger partial charge in [0.2, 0.25) is 0 Å². The first-order valence-electron chi connectivity index (χ1n) is 9.77. The molecule has 4 N–H and O–H groups in total. The highest BCUT2D eigenvalue weighted by atomic mass is 16.5. The third-order valence-electron chi connectivity index (χ3n) is 5.73. The largest absolute Gasteiger partial charge is 0.497 e. The van der Waals surface area contributed by atoms with Crippen molar-refractivity contribution in [1.82, 2.24) is 20.2 Å². The van der Waals surface area contributed by atoms with E-state index in [0.29, 0.717) is 27.6 Å². The van der Waals surface area contributed by atoms with Crippen LogP contribution < -0.4 is 20.9 Å². The van der Waals surface area contributed by atoms with Crippen LogP contribution in [0.1, 0.15) is 11.1 Å². The maximum atomic E-state index is 12.9. The molecule has 1 aliphatic rings. The summed E-state index contributed by atoms with van der Waals surface area (Å²) in [6.07, 6.45) is 3.02. The van der Waals surface area contributed by atoms with Gasteiger partial charge in [0.15, 0.2) is 11.4 Å². The highest BCUT2D eigenvalue weighted by molar-refractivity contribution is 6.07. The van der Waals surface area contributed by atoms with Gasteiger partial charge in [-0.3, -0.25) is 14.9 Å². The first-order valence-corrected chi connectivity index (χ1v) is 9.77. The molecule has 166 valence electrons. The number of aromatic hydroxyl groups is 1. The fourth-order valence-electron chi connectivity index (χ4n) is 4.00. The number of methoxy groups -OCH3 is 1. The van der Waals surface area contributed by atoms with Crippen LogP contribution in [-0.2, 0) is 17.8 Å². The van der Waals surface area contributed by atoms with E-state index in [4.69, 9.17) is 4.74 Å². The van der Waals surface area contributed by atoms with E-state index >= 15 is 0 Å². The summed E-state index contributed by atoms with van der Waals surface area (Å²) in [7, 11) is 1.50. The lowest BCUT2D eigenvalue weighted by molar-refractivity contribution is -0.125. The van der Waals surface area contributed by atoms with E-state index in [9.17, 15) is 24.4 Å². The Hall–Kier alpha value is -4.15. The summed E-state index contributed by atoms with van der Waals surface area (Å²) in [5.41, 5.74) is -1.03. The van der Waals surface area contributed by atoms with Gasteiger partial charge in [0.1, 0.15) is 11.8 Å². The minimum Gasteiger partial charge on any atom is -0.497 e. The summed E-state index contributed by atoms with van der Waals surface area (Å²) < 4.78 is 6.57. The number of imide groups is 1. The van der Waals surface area contributed by atoms with Crippen molar-refractivity contribution < 1.29 is 19.4 Å². The fraction of sp³-hybridized carbons (Fsp3) is 0.286. The molecule has 3 aromatic rings. The standard InChI is InChI=1S/C21H21N5O6/c1-11-5-12(8-22-17(11)27)6-16(25-31)21(19(29)23-20(30)24-21)10-26-9-13-3-4-14(32-2)7-15(13)18(26)28/h3-5,7-9,16,28H,6,10H2,1-2H3,(H,22,27)(H2,23,24,29,30)/t16?,21-/m0/s1. The van der Waals surface area contributed by atoms with E-state index in [0.717, 1.165) is 0 Å². The molecule has 3 amide bonds. The van der Waals surface area contributed by atoms with Crippen molar-refractivity contribution in [2.75, 3.05) is 7.11 Å². The molecular formula is C21H21N5O6. The molecule has 32 heavy (non-hydrogen) atoms. The third kappa shape index (κ3) is 3.47. The molecule has 2 atom stereocenters. The van der Waals surface area contributed by atoms with Crippen LogP contribution in [0.3, 0.4) is 0 Å². The molecule has 1 aliphatic heterocycles. The van der Waals surface area contributed by atoms with Crippen LogP contribution in [0.5, 0.6) is 11.6 Å². The number of nitrogens with zero attached hydrogens (tertiary/aromatic N) is 2. The number of nitrogens with one attached hydrogen (secondary N) is 3. The Kier molecular flexibility index (Phi) is 5.17. The summed E-state index contributed by atoms with van der Waals surface area (Å²) in [5, 5.41) is 19.8. The number of rotatable bonds is 7. The van der Waals surface area contributed by atoms with Crippen molar-refractivity contribution in [2.45, 2.75) is 31.5 Å². The third-order valence-corrected chi connectivity index (χ3v) is 5.73. The number of benzene rings is 1. The number of hydrogen-bond donors (Lipinski definition) is 4. The molecule has 1 unspecified atom stereocenters. The molecule has 2 aromatic heterocycles. The van der Waals surface area contributed by atoms with Gasteiger partial charge < -0.3 is 24.7 Å². The minimum absolute atomic E-state index is 0.0236. The molecule has 11 heteroatoms. The van der Waals surface area contributed by atoms with Gasteiger partial charge in [-0.1, -0.05) is 5.18 Å². The predicted molar refractivity (Wildman–Crippen MR) is 115 cm³/mol. The molecule has 11 nitrogen and oxygen atoms in total. The topological polar surface area (TPSA) is 155 Å². The number of urea groups is 1. The quantitative estimate of drug-likeness (QED) is 0.321. The molecule has 3 heterocycles. The lowest BCUT2D eigenvalue weighted by Gasteiger charge is -2.31. The smallest absolute Gasteiger partial charge is 0.322 e. The lowest BCUT2D eigenvalue weighted by atomic mass is 9.86. The number of amides is 3. The second-order valence-electron chi connectivity index (χ2n) is 7.76. The Balaban J connectivity index is 1.75. The zero-order valence-corrected chi connectivity index (χ0v) is 17.3. The second kappa shape index (κ2) is 7.84. The van der Waals surface area contributed by atoms with E-state index in [1.54, 1.807) is 37.4 Å². The molecule has 0 radical (unpaired) electrons. The number of nitroso groups, excluding NO2 is 1. The number of hydrogen-bond acceptors (Lipinski definition) is 7. The number of fused-ring (bicyclic) bond motifs is 1. The summed E-state index contributed by atoms with van der Waals surface area (Å²) in [6, 6.07) is 4.70. The van der Waals surface area contributed by atoms with Crippen LogP contribution in [0.25, 0.3) is 10.8 Å². The van der Waals surface area contributed by atoms with E-state index in [1.807, 2.05) is 0 Å². The zero-order valence-electron chi connectivity index (χ0n) is 17.3. The van der Waals surface area contributed by atoms with Crippen LogP contribution in [-0.4, -0.2) is 45.3 Å². The summed E-state index contributed by atoms with van der Waals surface area (Å²) in [4.78, 5) is 51.0. The molecular weight excluding hydrogens is 418 g/mol. The van der Waals surface area contributed by atoms with E-state index in [1.165, 1.54) is 17.9 Å². The number of carbonyl (C=O) groups is 2. The number of aromatic amines is 1. The monoisotopic (exact) mass is 439 g/mol. The van der Waals surface area contributed by atoms with Crippen molar-refractivity contribution >= 4 is 22.7 Å². The van der Waals surface area contributed by atoms with Gasteiger partial charge in [-0.25, -0.2) is 4.79 Å². The Morgan fingerprint density at radius 2 is 2.03 bits per heavy atom. The average molecular weight is 439 g/mol. The van der Waals surface area contributed by atoms with Crippen LogP contribution in [0.15, 0.2) is 46.6 Å². The van der Waals surface area contributed by atoms with Gasteiger partial charge in [0.25, 0.3) is 11.5 Å². The Labute approximate surface area is 181 Å². The van der Waals surface area contributed by atoms with E-state index < -0.39 is 23.5 Å². The molecule has 0 bridgehead atoms. The van der Waals surface area contributed by atoms with Crippen LogP contribution in [0.4, 0.5) is 4.79 Å². The average Bonchev–Trinajstić information content (AvgIpc) is 3.23. The number of pyridine rings is 1. The summed E-state index contributed by atoms with van der Waals surface area (Å²) in [6.45, 7) is 1.37. The molecule has 0 saturated carbocycles. The fourth-order valence-corrected chi connectivity index (χ4v) is 4.00. The number of aromatic nitrogens is 2. The molecule has 1 aromatic carbocycles. The molecule has 4 rings (SSSR count). The van der Waals surface area contributed by atoms with Gasteiger partial charge in [-0.2, -0.15) is 4.91 Å². The molecule has 0 aliphatic carbocycles. The van der Waals surface area contributed by atoms with Crippen molar-refractivity contribution in [3.8, 4) is 11.6 Å². The maximum Gasteiger partial charge on any atom is 0.322 e. The van der Waals surface area contributed by atoms with Crippen LogP contribution >= 0.6 is 0 Å². The van der Waals surface area contributed by atoms with E-state index in [2.05, 4.69) is 20.8 Å². The first-order chi connectivity index (χ1) is 15.3. The lowest BCUT2D eigenvalue weighted by Crippen LogP contribution is -2.59. The first kappa shape index (κ1) is 21.1. The highest BCUT2D eigenvalue weighted by Gasteiger charge is 2.53. The van der Waals surface area contributed by atoms with Crippen LogP contribution in [0, 0.1) is 11.8 Å². The van der Waals surface area contributed by atoms with Gasteiger partial charge in [0.05, 0.1) is 13.7 Å². The summed E-state index contributed by atoms with van der Waals surface area (Å²) >= 11 is 0. The van der Waals surface area contributed by atoms with Crippen molar-refractivity contribution in [3.05, 3.63) is 63.0 Å². The number of carbonyl (C=O) groups excluding carboxylic acids is 2. The van der Waals surface area contributed by atoms with Gasteiger partial charge >= 0.3 is 6.03 Å². The minimum atomic E-state index is -1.75. The van der Waals surface area contributed by atoms with Crippen molar-refractivity contribution in [3.63, 3.8) is 0 Å². The molecule has 0 spiro atoms. The van der Waals surface area contributed by atoms with Gasteiger partial charge in [0, 0.05) is 35.2 Å².